The molecule has 0 unspecified atom stereocenters. The van der Waals surface area contributed by atoms with E-state index in [0.717, 1.165) is 68.1 Å². The molecule has 2 aromatic rings. The zero-order valence-corrected chi connectivity index (χ0v) is 23.3. The molecule has 2 aromatic heterocycles. The number of rotatable bonds is 10. The Kier molecular flexibility index (Phi) is 9.87. The summed E-state index contributed by atoms with van der Waals surface area (Å²) in [6, 6.07) is 5.12. The highest BCUT2D eigenvalue weighted by atomic mass is 35.5. The van der Waals surface area contributed by atoms with Crippen LogP contribution in [0, 0.1) is 11.3 Å². The lowest BCUT2D eigenvalue weighted by Crippen LogP contribution is -2.41. The molecule has 0 radical (unpaired) electrons. The van der Waals surface area contributed by atoms with Crippen LogP contribution in [-0.4, -0.2) is 55.5 Å². The second kappa shape index (κ2) is 12.9. The first kappa shape index (κ1) is 27.6. The predicted octanol–water partition coefficient (Wildman–Crippen LogP) is 6.40. The molecule has 6 nitrogen and oxygen atoms in total. The molecule has 8 heteroatoms. The van der Waals surface area contributed by atoms with Crippen LogP contribution in [0.15, 0.2) is 24.5 Å². The molecular weight excluding hydrogens is 495 g/mol. The van der Waals surface area contributed by atoms with Gasteiger partial charge in [-0.3, -0.25) is 4.98 Å². The van der Waals surface area contributed by atoms with E-state index in [9.17, 15) is 0 Å². The first-order chi connectivity index (χ1) is 17.3. The summed E-state index contributed by atoms with van der Waals surface area (Å²) in [5, 5.41) is 8.31. The van der Waals surface area contributed by atoms with Crippen molar-refractivity contribution in [1.29, 1.82) is 0 Å². The van der Waals surface area contributed by atoms with Gasteiger partial charge in [-0.15, -0.1) is 0 Å². The fraction of sp³-hybridized carbons (Fsp3) is 0.643. The molecule has 1 saturated carbocycles. The van der Waals surface area contributed by atoms with Crippen LogP contribution in [0.2, 0.25) is 10.2 Å². The second-order valence-electron chi connectivity index (χ2n) is 10.9. The number of ether oxygens (including phenoxy) is 2. The van der Waals surface area contributed by atoms with E-state index >= 15 is 0 Å². The molecule has 3 heterocycles. The van der Waals surface area contributed by atoms with E-state index in [4.69, 9.17) is 32.7 Å². The van der Waals surface area contributed by atoms with Crippen LogP contribution >= 0.6 is 23.2 Å². The number of nitrogens with zero attached hydrogens (tertiary/aromatic N) is 2. The van der Waals surface area contributed by atoms with Crippen molar-refractivity contribution in [3.8, 4) is 11.1 Å². The second-order valence-corrected chi connectivity index (χ2v) is 11.7. The smallest absolute Gasteiger partial charge is 0.137 e. The Balaban J connectivity index is 1.40. The monoisotopic (exact) mass is 534 g/mol. The minimum Gasteiger partial charge on any atom is -0.383 e. The lowest BCUT2D eigenvalue weighted by atomic mass is 9.82. The standard InChI is InChI=1S/C28H40Cl2N4O2/c1-19(17-35-3)34-21-6-4-20(5-7-21)12-22-13-24(26(29)16-31-22)25-14-23(15-32-27(25)30)33-18-28(2)8-10-36-11-9-28/h13-16,19-21,33-34H,4-12,17-18H2,1-3H3/t19-,20?,21?/m1/s1. The average molecular weight is 536 g/mol. The summed E-state index contributed by atoms with van der Waals surface area (Å²) in [5.74, 6) is 0.629. The number of methoxy groups -OCH3 is 1. The van der Waals surface area contributed by atoms with Gasteiger partial charge in [-0.2, -0.15) is 0 Å². The molecule has 2 aliphatic rings. The zero-order valence-electron chi connectivity index (χ0n) is 21.8. The summed E-state index contributed by atoms with van der Waals surface area (Å²) in [6.45, 7) is 7.76. The summed E-state index contributed by atoms with van der Waals surface area (Å²) in [4.78, 5) is 9.11. The number of hydrogen-bond donors (Lipinski definition) is 2. The van der Waals surface area contributed by atoms with Gasteiger partial charge < -0.3 is 20.1 Å². The number of hydrogen-bond acceptors (Lipinski definition) is 6. The van der Waals surface area contributed by atoms with Crippen LogP contribution in [-0.2, 0) is 15.9 Å². The number of anilines is 1. The van der Waals surface area contributed by atoms with E-state index in [0.29, 0.717) is 28.2 Å². The Morgan fingerprint density at radius 2 is 1.83 bits per heavy atom. The highest BCUT2D eigenvalue weighted by molar-refractivity contribution is 6.35. The Morgan fingerprint density at radius 1 is 1.08 bits per heavy atom. The molecule has 1 atom stereocenters. The van der Waals surface area contributed by atoms with Crippen molar-refractivity contribution in [2.24, 2.45) is 11.3 Å². The van der Waals surface area contributed by atoms with Crippen molar-refractivity contribution >= 4 is 28.9 Å². The molecule has 1 aliphatic heterocycles. The third-order valence-corrected chi connectivity index (χ3v) is 8.34. The van der Waals surface area contributed by atoms with Gasteiger partial charge in [-0.25, -0.2) is 4.98 Å². The van der Waals surface area contributed by atoms with Crippen molar-refractivity contribution in [1.82, 2.24) is 15.3 Å². The molecule has 0 aromatic carbocycles. The van der Waals surface area contributed by atoms with Crippen LogP contribution in [0.5, 0.6) is 0 Å². The minimum absolute atomic E-state index is 0.218. The van der Waals surface area contributed by atoms with Crippen molar-refractivity contribution in [3.63, 3.8) is 0 Å². The van der Waals surface area contributed by atoms with E-state index in [1.165, 1.54) is 25.7 Å². The Labute approximate surface area is 225 Å². The maximum absolute atomic E-state index is 6.61. The van der Waals surface area contributed by atoms with Gasteiger partial charge in [0.25, 0.3) is 0 Å². The van der Waals surface area contributed by atoms with Gasteiger partial charge in [0.05, 0.1) is 23.5 Å². The van der Waals surface area contributed by atoms with Crippen molar-refractivity contribution in [3.05, 3.63) is 40.4 Å². The highest BCUT2D eigenvalue weighted by Crippen LogP contribution is 2.36. The molecule has 0 bridgehead atoms. The van der Waals surface area contributed by atoms with Gasteiger partial charge in [-0.1, -0.05) is 30.1 Å². The quantitative estimate of drug-likeness (QED) is 0.343. The maximum Gasteiger partial charge on any atom is 0.137 e. The van der Waals surface area contributed by atoms with E-state index < -0.39 is 0 Å². The SMILES string of the molecule is COC[C@@H](C)NC1CCC(Cc2cc(-c3cc(NCC4(C)CCOCC4)cnc3Cl)c(Cl)cn2)CC1. The van der Waals surface area contributed by atoms with Gasteiger partial charge in [0.2, 0.25) is 0 Å². The van der Waals surface area contributed by atoms with Gasteiger partial charge in [-0.05, 0) is 75.3 Å². The number of nitrogens with one attached hydrogen (secondary N) is 2. The fourth-order valence-electron chi connectivity index (χ4n) is 5.42. The van der Waals surface area contributed by atoms with E-state index in [1.807, 2.05) is 0 Å². The largest absolute Gasteiger partial charge is 0.383 e. The van der Waals surface area contributed by atoms with Crippen LogP contribution in [0.3, 0.4) is 0 Å². The van der Waals surface area contributed by atoms with Crippen molar-refractivity contribution in [2.75, 3.05) is 38.8 Å². The number of aromatic nitrogens is 2. The highest BCUT2D eigenvalue weighted by Gasteiger charge is 2.27. The molecule has 2 N–H and O–H groups in total. The molecule has 2 fully saturated rings. The van der Waals surface area contributed by atoms with Crippen LogP contribution in [0.4, 0.5) is 5.69 Å². The summed E-state index contributed by atoms with van der Waals surface area (Å²) in [5.41, 5.74) is 3.96. The zero-order chi connectivity index (χ0) is 25.5. The van der Waals surface area contributed by atoms with Gasteiger partial charge in [0.15, 0.2) is 0 Å². The van der Waals surface area contributed by atoms with Gasteiger partial charge >= 0.3 is 0 Å². The third-order valence-electron chi connectivity index (χ3n) is 7.74. The lowest BCUT2D eigenvalue weighted by Gasteiger charge is -2.33. The summed E-state index contributed by atoms with van der Waals surface area (Å²) < 4.78 is 10.8. The summed E-state index contributed by atoms with van der Waals surface area (Å²) >= 11 is 13.2. The Bertz CT molecular complexity index is 992. The normalized spacial score (nSPS) is 22.8. The molecule has 198 valence electrons. The first-order valence-corrected chi connectivity index (χ1v) is 14.0. The van der Waals surface area contributed by atoms with Gasteiger partial charge in [0, 0.05) is 62.0 Å². The maximum atomic E-state index is 6.61. The molecule has 0 amide bonds. The first-order valence-electron chi connectivity index (χ1n) is 13.2. The van der Waals surface area contributed by atoms with Crippen LogP contribution < -0.4 is 10.6 Å². The molecule has 4 rings (SSSR count). The average Bonchev–Trinajstić information content (AvgIpc) is 2.87. The van der Waals surface area contributed by atoms with Gasteiger partial charge in [0.1, 0.15) is 5.15 Å². The molecule has 0 spiro atoms. The summed E-state index contributed by atoms with van der Waals surface area (Å²) in [6.07, 6.45) is 11.4. The van der Waals surface area contributed by atoms with E-state index in [-0.39, 0.29) is 5.41 Å². The molecule has 1 aliphatic carbocycles. The van der Waals surface area contributed by atoms with Crippen molar-refractivity contribution in [2.45, 2.75) is 70.9 Å². The van der Waals surface area contributed by atoms with E-state index in [2.05, 4.69) is 46.6 Å². The molecule has 36 heavy (non-hydrogen) atoms. The fourth-order valence-corrected chi connectivity index (χ4v) is 5.83. The number of pyridine rings is 2. The lowest BCUT2D eigenvalue weighted by molar-refractivity contribution is 0.0300. The molecule has 1 saturated heterocycles. The predicted molar refractivity (Wildman–Crippen MR) is 148 cm³/mol. The van der Waals surface area contributed by atoms with Crippen LogP contribution in [0.1, 0.15) is 58.1 Å². The molecular formula is C28H40Cl2N4O2. The van der Waals surface area contributed by atoms with Crippen LogP contribution in [0.25, 0.3) is 11.1 Å². The number of halogens is 2. The third kappa shape index (κ3) is 7.55. The topological polar surface area (TPSA) is 68.3 Å². The summed E-state index contributed by atoms with van der Waals surface area (Å²) in [7, 11) is 1.76. The van der Waals surface area contributed by atoms with Crippen molar-refractivity contribution < 1.29 is 9.47 Å². The minimum atomic E-state index is 0.218. The Hall–Kier alpha value is -1.44. The van der Waals surface area contributed by atoms with E-state index in [1.54, 1.807) is 19.5 Å². The Morgan fingerprint density at radius 3 is 2.56 bits per heavy atom.